The molecule has 0 saturated carbocycles. The Kier molecular flexibility index (Phi) is 9.34. The number of hydrogen-bond acceptors (Lipinski definition) is 6. The summed E-state index contributed by atoms with van der Waals surface area (Å²) >= 11 is 0. The van der Waals surface area contributed by atoms with E-state index in [0.717, 1.165) is 123 Å². The Bertz CT molecular complexity index is 3100. The molecule has 2 aliphatic heterocycles. The molecule has 0 saturated heterocycles. The fraction of sp³-hybridized carbons (Fsp3) is 0.0833. The molecule has 0 atom stereocenters. The molecule has 6 heterocycles. The maximum absolute atomic E-state index is 5.65. The van der Waals surface area contributed by atoms with Crippen LogP contribution in [0.25, 0.3) is 49.9 Å². The largest absolute Gasteiger partial charge is 2.00 e. The molecule has 286 valence electrons. The predicted molar refractivity (Wildman–Crippen MR) is 224 cm³/mol. The number of aromatic amines is 1. The Morgan fingerprint density at radius 1 is 0.500 bits per heavy atom. The molecule has 10 heteroatoms. The molecule has 1 N–H and O–H groups in total. The van der Waals surface area contributed by atoms with Crippen molar-refractivity contribution < 1.29 is 35.4 Å². The van der Waals surface area contributed by atoms with Gasteiger partial charge in [-0.25, -0.2) is 9.98 Å². The van der Waals surface area contributed by atoms with E-state index < -0.39 is 0 Å². The molecule has 8 aromatic rings. The quantitative estimate of drug-likeness (QED) is 0.166. The van der Waals surface area contributed by atoms with Crippen molar-refractivity contribution in [2.75, 3.05) is 28.4 Å². The molecule has 4 aromatic heterocycles. The molecule has 9 nitrogen and oxygen atoms in total. The first-order valence-electron chi connectivity index (χ1n) is 18.5. The van der Waals surface area contributed by atoms with Gasteiger partial charge in [-0.2, -0.15) is 0 Å². The van der Waals surface area contributed by atoms with Gasteiger partial charge in [0, 0.05) is 17.0 Å². The number of H-pyrrole nitrogens is 1. The molecule has 0 unspecified atom stereocenters. The average Bonchev–Trinajstić information content (AvgIpc) is 4.10. The monoisotopic (exact) mass is 803 g/mol. The van der Waals surface area contributed by atoms with E-state index >= 15 is 0 Å². The van der Waals surface area contributed by atoms with Crippen molar-refractivity contribution in [2.24, 2.45) is 4.99 Å². The van der Waals surface area contributed by atoms with Crippen LogP contribution in [0.15, 0.2) is 144 Å². The third kappa shape index (κ3) is 6.19. The van der Waals surface area contributed by atoms with Crippen LogP contribution in [-0.4, -0.2) is 44.1 Å². The number of fused-ring (bicyclic) bond motifs is 9. The van der Waals surface area contributed by atoms with Gasteiger partial charge in [0.05, 0.1) is 62.1 Å². The summed E-state index contributed by atoms with van der Waals surface area (Å²) in [6, 6.07) is 40.5. The van der Waals surface area contributed by atoms with Crippen molar-refractivity contribution >= 4 is 44.4 Å². The number of pyridine rings is 1. The smallest absolute Gasteiger partial charge is 0.657 e. The predicted octanol–water partition coefficient (Wildman–Crippen LogP) is 7.56. The van der Waals surface area contributed by atoms with Crippen LogP contribution in [0.1, 0.15) is 28.1 Å². The minimum Gasteiger partial charge on any atom is -0.657 e. The minimum atomic E-state index is 0. The van der Waals surface area contributed by atoms with Crippen LogP contribution in [0.3, 0.4) is 0 Å². The number of methoxy groups -OCH3 is 4. The first kappa shape index (κ1) is 36.6. The molecule has 4 aromatic carbocycles. The van der Waals surface area contributed by atoms with E-state index in [2.05, 4.69) is 77.8 Å². The van der Waals surface area contributed by atoms with E-state index in [4.69, 9.17) is 38.9 Å². The minimum absolute atomic E-state index is 0. The maximum atomic E-state index is 5.65. The molecule has 58 heavy (non-hydrogen) atoms. The number of allylic oxidation sites excluding steroid dienone is 2. The Labute approximate surface area is 344 Å². The van der Waals surface area contributed by atoms with Gasteiger partial charge in [0.2, 0.25) is 0 Å². The van der Waals surface area contributed by atoms with Gasteiger partial charge in [0.15, 0.2) is 0 Å². The number of hydrogen-bond donors (Lipinski definition) is 1. The second kappa shape index (κ2) is 14.8. The summed E-state index contributed by atoms with van der Waals surface area (Å²) in [4.78, 5) is 25.1. The number of aliphatic imine (C=N–C) groups is 1. The second-order valence-corrected chi connectivity index (χ2v) is 13.8. The van der Waals surface area contributed by atoms with Crippen LogP contribution in [-0.2, 0) is 16.5 Å². The summed E-state index contributed by atoms with van der Waals surface area (Å²) < 4.78 is 22.3. The summed E-state index contributed by atoms with van der Waals surface area (Å²) in [6.45, 7) is 0. The van der Waals surface area contributed by atoms with E-state index in [1.807, 2.05) is 60.7 Å². The molecule has 0 spiro atoms. The van der Waals surface area contributed by atoms with Crippen LogP contribution in [0, 0.1) is 0 Å². The molecular weight excluding hydrogens is 769 g/mol. The SMILES string of the molecule is COc1ccc(C2=C3C=CC(=N3)C(c3ccc(OC)cc3)=c3ccc([n-]3)=C(c3ccc(OC)cc3)c3ccc([n-]3)-c3c4ccc(OC)cc4nc4cc2[nH]c34)cc1.[Ni+2]. The number of nitrogens with one attached hydrogen (secondary N) is 1. The molecule has 2 aliphatic rings. The zero-order chi connectivity index (χ0) is 38.6. The van der Waals surface area contributed by atoms with Gasteiger partial charge in [0.25, 0.3) is 0 Å². The molecule has 0 aliphatic carbocycles. The van der Waals surface area contributed by atoms with Gasteiger partial charge in [-0.05, 0) is 100 Å². The van der Waals surface area contributed by atoms with Crippen LogP contribution in [0.4, 0.5) is 0 Å². The first-order valence-corrected chi connectivity index (χ1v) is 18.5. The third-order valence-electron chi connectivity index (χ3n) is 10.6. The Morgan fingerprint density at radius 3 is 1.67 bits per heavy atom. The zero-order valence-corrected chi connectivity index (χ0v) is 32.9. The molecule has 10 rings (SSSR count). The number of aromatic nitrogens is 4. The van der Waals surface area contributed by atoms with E-state index in [0.29, 0.717) is 0 Å². The van der Waals surface area contributed by atoms with Crippen molar-refractivity contribution in [1.82, 2.24) is 19.9 Å². The van der Waals surface area contributed by atoms with Gasteiger partial charge in [-0.1, -0.05) is 60.7 Å². The Balaban J connectivity index is 0.00000436. The number of benzene rings is 4. The summed E-state index contributed by atoms with van der Waals surface area (Å²) in [5.74, 6) is 3.02. The number of rotatable bonds is 7. The van der Waals surface area contributed by atoms with Crippen molar-refractivity contribution in [2.45, 2.75) is 0 Å². The van der Waals surface area contributed by atoms with Crippen molar-refractivity contribution in [3.05, 3.63) is 178 Å². The Morgan fingerprint density at radius 2 is 1.05 bits per heavy atom. The number of ether oxygens (including phenoxy) is 4. The van der Waals surface area contributed by atoms with Gasteiger partial charge in [-0.3, -0.25) is 0 Å². The Hall–Kier alpha value is -7.03. The van der Waals surface area contributed by atoms with E-state index in [9.17, 15) is 0 Å². The topological polar surface area (TPSA) is 106 Å². The zero-order valence-electron chi connectivity index (χ0n) is 31.9. The van der Waals surface area contributed by atoms with Crippen LogP contribution >= 0.6 is 0 Å². The average molecular weight is 805 g/mol. The van der Waals surface area contributed by atoms with E-state index in [1.165, 1.54) is 0 Å². The van der Waals surface area contributed by atoms with Crippen LogP contribution < -0.4 is 39.6 Å². The molecule has 0 fully saturated rings. The number of nitrogens with zero attached hydrogens (tertiary/aromatic N) is 4. The normalized spacial score (nSPS) is 13.3. The standard InChI is InChI=1S/C48H35N5O4.Ni/c1-54-30-11-5-27(6-12-30)44-35-19-20-36(49-35)45(28-7-13-31(55-2)14-8-28)38-23-24-40(51-38)47-34-18-17-33(57-4)25-41(34)52-43-26-42(53-48(43)47)46(39-22-21-37(44)50-39)29-9-15-32(56-3)16-10-29;/h5-26,53H,1-4H3;/q-2;+2. The van der Waals surface area contributed by atoms with Crippen molar-refractivity contribution in [3.63, 3.8) is 0 Å². The van der Waals surface area contributed by atoms with Gasteiger partial charge < -0.3 is 33.9 Å². The molecular formula is C48H35N5NiO4. The third-order valence-corrected chi connectivity index (χ3v) is 10.6. The van der Waals surface area contributed by atoms with Crippen molar-refractivity contribution in [3.8, 4) is 34.3 Å². The second-order valence-electron chi connectivity index (χ2n) is 13.8. The summed E-state index contributed by atoms with van der Waals surface area (Å²) in [6.07, 6.45) is 4.14. The molecule has 0 amide bonds. The summed E-state index contributed by atoms with van der Waals surface area (Å²) in [5, 5.41) is 2.51. The van der Waals surface area contributed by atoms with Crippen LogP contribution in [0.2, 0.25) is 0 Å². The van der Waals surface area contributed by atoms with Gasteiger partial charge >= 0.3 is 16.5 Å². The first-order chi connectivity index (χ1) is 28.0. The van der Waals surface area contributed by atoms with Gasteiger partial charge in [0.1, 0.15) is 23.0 Å². The van der Waals surface area contributed by atoms with E-state index in [-0.39, 0.29) is 16.5 Å². The molecule has 0 radical (unpaired) electrons. The van der Waals surface area contributed by atoms with Gasteiger partial charge in [-0.15, -0.1) is 22.1 Å². The maximum Gasteiger partial charge on any atom is 2.00 e. The van der Waals surface area contributed by atoms with Crippen LogP contribution in [0.5, 0.6) is 23.0 Å². The summed E-state index contributed by atoms with van der Waals surface area (Å²) in [5.41, 5.74) is 13.0. The van der Waals surface area contributed by atoms with Crippen molar-refractivity contribution in [1.29, 1.82) is 0 Å². The fourth-order valence-corrected chi connectivity index (χ4v) is 7.82. The fourth-order valence-electron chi connectivity index (χ4n) is 7.82. The van der Waals surface area contributed by atoms with E-state index in [1.54, 1.807) is 28.4 Å². The summed E-state index contributed by atoms with van der Waals surface area (Å²) in [7, 11) is 6.68. The molecule has 8 bridgehead atoms.